The second-order valence-corrected chi connectivity index (χ2v) is 4.55. The summed E-state index contributed by atoms with van der Waals surface area (Å²) in [6.45, 7) is 0.247. The summed E-state index contributed by atoms with van der Waals surface area (Å²) in [5, 5.41) is 8.87. The Labute approximate surface area is 101 Å². The number of nitrogens with zero attached hydrogens (tertiary/aromatic N) is 1. The number of carbonyl (C=O) groups excluding carboxylic acids is 1. The van der Waals surface area contributed by atoms with Gasteiger partial charge in [0.25, 0.3) is 0 Å². The highest BCUT2D eigenvalue weighted by Gasteiger charge is 2.35. The van der Waals surface area contributed by atoms with Gasteiger partial charge in [0.1, 0.15) is 0 Å². The van der Waals surface area contributed by atoms with E-state index in [1.165, 1.54) is 4.90 Å². The van der Waals surface area contributed by atoms with Crippen molar-refractivity contribution in [1.82, 2.24) is 0 Å². The largest absolute Gasteiger partial charge is 0.481 e. The summed E-state index contributed by atoms with van der Waals surface area (Å²) in [7, 11) is 0. The van der Waals surface area contributed by atoms with E-state index < -0.39 is 11.9 Å². The highest BCUT2D eigenvalue weighted by Crippen LogP contribution is 2.31. The number of benzene rings is 1. The number of rotatable bonds is 2. The summed E-state index contributed by atoms with van der Waals surface area (Å²) < 4.78 is 0.800. The minimum Gasteiger partial charge on any atom is -0.481 e. The molecule has 1 aromatic carbocycles. The van der Waals surface area contributed by atoms with E-state index in [1.54, 1.807) is 6.07 Å². The Morgan fingerprint density at radius 1 is 1.44 bits per heavy atom. The number of carboxylic acids is 1. The van der Waals surface area contributed by atoms with Crippen LogP contribution in [0, 0.1) is 5.92 Å². The van der Waals surface area contributed by atoms with Gasteiger partial charge in [-0.2, -0.15) is 0 Å². The standard InChI is InChI=1S/C11H10BrNO3/c12-8-3-1-2-4-9(8)13-6-7(11(15)16)5-10(13)14/h1-4,7H,5-6H2,(H,15,16)/t7-/m0/s1. The molecule has 0 spiro atoms. The molecule has 1 heterocycles. The number of hydrogen-bond donors (Lipinski definition) is 1. The van der Waals surface area contributed by atoms with E-state index >= 15 is 0 Å². The molecule has 1 amide bonds. The van der Waals surface area contributed by atoms with Crippen molar-refractivity contribution in [1.29, 1.82) is 0 Å². The number of anilines is 1. The molecule has 1 fully saturated rings. The molecule has 16 heavy (non-hydrogen) atoms. The predicted molar refractivity (Wildman–Crippen MR) is 62.2 cm³/mol. The van der Waals surface area contributed by atoms with Gasteiger partial charge >= 0.3 is 5.97 Å². The van der Waals surface area contributed by atoms with Crippen LogP contribution >= 0.6 is 15.9 Å². The Kier molecular flexibility index (Phi) is 2.96. The lowest BCUT2D eigenvalue weighted by Gasteiger charge is -2.17. The summed E-state index contributed by atoms with van der Waals surface area (Å²) in [5.74, 6) is -1.65. The van der Waals surface area contributed by atoms with Gasteiger partial charge in [0.15, 0.2) is 0 Å². The van der Waals surface area contributed by atoms with Gasteiger partial charge in [0.05, 0.1) is 11.6 Å². The monoisotopic (exact) mass is 283 g/mol. The molecule has 0 aromatic heterocycles. The molecule has 4 nitrogen and oxygen atoms in total. The Balaban J connectivity index is 2.27. The summed E-state index contributed by atoms with van der Waals surface area (Å²) in [4.78, 5) is 24.0. The number of carboxylic acid groups (broad SMARTS) is 1. The van der Waals surface area contributed by atoms with Crippen LogP contribution in [0.15, 0.2) is 28.7 Å². The molecule has 0 bridgehead atoms. The van der Waals surface area contributed by atoms with E-state index in [2.05, 4.69) is 15.9 Å². The van der Waals surface area contributed by atoms with E-state index in [0.29, 0.717) is 0 Å². The zero-order valence-electron chi connectivity index (χ0n) is 8.39. The molecule has 0 saturated carbocycles. The fourth-order valence-corrected chi connectivity index (χ4v) is 2.28. The fraction of sp³-hybridized carbons (Fsp3) is 0.273. The van der Waals surface area contributed by atoms with Gasteiger partial charge in [0, 0.05) is 17.4 Å². The molecular weight excluding hydrogens is 274 g/mol. The van der Waals surface area contributed by atoms with E-state index in [-0.39, 0.29) is 18.9 Å². The van der Waals surface area contributed by atoms with Crippen molar-refractivity contribution in [3.63, 3.8) is 0 Å². The van der Waals surface area contributed by atoms with Crippen molar-refractivity contribution < 1.29 is 14.7 Å². The minimum atomic E-state index is -0.914. The van der Waals surface area contributed by atoms with E-state index in [1.807, 2.05) is 18.2 Å². The van der Waals surface area contributed by atoms with Crippen molar-refractivity contribution >= 4 is 33.5 Å². The average molecular weight is 284 g/mol. The Morgan fingerprint density at radius 2 is 2.12 bits per heavy atom. The fourth-order valence-electron chi connectivity index (χ4n) is 1.78. The van der Waals surface area contributed by atoms with Gasteiger partial charge < -0.3 is 10.0 Å². The molecule has 1 atom stereocenters. The zero-order valence-corrected chi connectivity index (χ0v) is 9.98. The van der Waals surface area contributed by atoms with Gasteiger partial charge in [-0.05, 0) is 28.1 Å². The maximum absolute atomic E-state index is 11.7. The molecule has 1 aliphatic heterocycles. The van der Waals surface area contributed by atoms with E-state index in [9.17, 15) is 9.59 Å². The van der Waals surface area contributed by atoms with Crippen LogP contribution in [0.1, 0.15) is 6.42 Å². The summed E-state index contributed by atoms with van der Waals surface area (Å²) in [5.41, 5.74) is 0.733. The van der Waals surface area contributed by atoms with Gasteiger partial charge in [-0.25, -0.2) is 0 Å². The molecule has 1 aliphatic rings. The minimum absolute atomic E-state index is 0.0800. The van der Waals surface area contributed by atoms with Crippen molar-refractivity contribution in [3.8, 4) is 0 Å². The molecule has 0 unspecified atom stereocenters. The smallest absolute Gasteiger partial charge is 0.308 e. The topological polar surface area (TPSA) is 57.6 Å². The molecule has 0 aliphatic carbocycles. The molecule has 2 rings (SSSR count). The highest BCUT2D eigenvalue weighted by atomic mass is 79.9. The molecule has 1 saturated heterocycles. The first-order valence-electron chi connectivity index (χ1n) is 4.87. The van der Waals surface area contributed by atoms with Crippen molar-refractivity contribution in [2.75, 3.05) is 11.4 Å². The molecule has 0 radical (unpaired) electrons. The number of hydrogen-bond acceptors (Lipinski definition) is 2. The number of aliphatic carboxylic acids is 1. The van der Waals surface area contributed by atoms with Crippen LogP contribution in [0.4, 0.5) is 5.69 Å². The average Bonchev–Trinajstić information content (AvgIpc) is 2.61. The number of amides is 1. The summed E-state index contributed by atoms with van der Waals surface area (Å²) in [6.07, 6.45) is 0.0800. The SMILES string of the molecule is O=C(O)[C@H]1CC(=O)N(c2ccccc2Br)C1. The van der Waals surface area contributed by atoms with E-state index in [0.717, 1.165) is 10.2 Å². The predicted octanol–water partition coefficient (Wildman–Crippen LogP) is 1.89. The Hall–Kier alpha value is -1.36. The van der Waals surface area contributed by atoms with Crippen molar-refractivity contribution in [2.45, 2.75) is 6.42 Å². The third-order valence-electron chi connectivity index (χ3n) is 2.62. The van der Waals surface area contributed by atoms with Gasteiger partial charge in [-0.15, -0.1) is 0 Å². The first-order chi connectivity index (χ1) is 7.59. The van der Waals surface area contributed by atoms with Crippen molar-refractivity contribution in [3.05, 3.63) is 28.7 Å². The lowest BCUT2D eigenvalue weighted by molar-refractivity contribution is -0.141. The van der Waals surface area contributed by atoms with Crippen LogP contribution in [0.2, 0.25) is 0 Å². The van der Waals surface area contributed by atoms with Crippen LogP contribution in [0.25, 0.3) is 0 Å². The second-order valence-electron chi connectivity index (χ2n) is 3.70. The lowest BCUT2D eigenvalue weighted by Crippen LogP contribution is -2.26. The first-order valence-corrected chi connectivity index (χ1v) is 5.66. The second kappa shape index (κ2) is 4.25. The maximum Gasteiger partial charge on any atom is 0.308 e. The molecule has 1 N–H and O–H groups in total. The Morgan fingerprint density at radius 3 is 2.69 bits per heavy atom. The van der Waals surface area contributed by atoms with Crippen LogP contribution < -0.4 is 4.90 Å². The molecule has 5 heteroatoms. The van der Waals surface area contributed by atoms with Crippen LogP contribution in [0.5, 0.6) is 0 Å². The normalized spacial score (nSPS) is 20.2. The van der Waals surface area contributed by atoms with Gasteiger partial charge in [-0.3, -0.25) is 9.59 Å². The zero-order chi connectivity index (χ0) is 11.7. The third-order valence-corrected chi connectivity index (χ3v) is 3.29. The molecule has 1 aromatic rings. The summed E-state index contributed by atoms with van der Waals surface area (Å²) in [6, 6.07) is 7.30. The third kappa shape index (κ3) is 1.95. The highest BCUT2D eigenvalue weighted by molar-refractivity contribution is 9.10. The van der Waals surface area contributed by atoms with Gasteiger partial charge in [0.2, 0.25) is 5.91 Å². The first kappa shape index (κ1) is 11.1. The molecule has 84 valence electrons. The lowest BCUT2D eigenvalue weighted by atomic mass is 10.1. The Bertz CT molecular complexity index is 447. The number of carbonyl (C=O) groups is 2. The van der Waals surface area contributed by atoms with Crippen molar-refractivity contribution in [2.24, 2.45) is 5.92 Å². The quantitative estimate of drug-likeness (QED) is 0.902. The van der Waals surface area contributed by atoms with Crippen LogP contribution in [0.3, 0.4) is 0 Å². The van der Waals surface area contributed by atoms with Crippen LogP contribution in [-0.2, 0) is 9.59 Å². The number of halogens is 1. The van der Waals surface area contributed by atoms with E-state index in [4.69, 9.17) is 5.11 Å². The van der Waals surface area contributed by atoms with Gasteiger partial charge in [-0.1, -0.05) is 12.1 Å². The molecular formula is C11H10BrNO3. The van der Waals surface area contributed by atoms with Crippen LogP contribution in [-0.4, -0.2) is 23.5 Å². The maximum atomic E-state index is 11.7. The summed E-state index contributed by atoms with van der Waals surface area (Å²) >= 11 is 3.35. The number of para-hydroxylation sites is 1.